The van der Waals surface area contributed by atoms with Crippen LogP contribution >= 0.6 is 0 Å². The Morgan fingerprint density at radius 1 is 1.00 bits per heavy atom. The zero-order valence-electron chi connectivity index (χ0n) is 18.1. The first-order chi connectivity index (χ1) is 14.8. The van der Waals surface area contributed by atoms with Crippen molar-refractivity contribution in [2.45, 2.75) is 26.8 Å². The van der Waals surface area contributed by atoms with Gasteiger partial charge in [-0.05, 0) is 61.7 Å². The fourth-order valence-electron chi connectivity index (χ4n) is 3.64. The highest BCUT2D eigenvalue weighted by Crippen LogP contribution is 2.27. The molecule has 3 aromatic rings. The fraction of sp³-hybridized carbons (Fsp3) is 0.292. The number of amides is 1. The summed E-state index contributed by atoms with van der Waals surface area (Å²) >= 11 is 0. The zero-order chi connectivity index (χ0) is 22.5. The van der Waals surface area contributed by atoms with Gasteiger partial charge >= 0.3 is 0 Å². The first-order valence-electron chi connectivity index (χ1n) is 9.94. The minimum Gasteiger partial charge on any atom is -0.493 e. The first-order valence-corrected chi connectivity index (χ1v) is 9.94. The third-order valence-electron chi connectivity index (χ3n) is 5.23. The van der Waals surface area contributed by atoms with Crippen molar-refractivity contribution in [1.82, 2.24) is 9.88 Å². The molecule has 0 unspecified atom stereocenters. The van der Waals surface area contributed by atoms with Crippen LogP contribution < -0.4 is 14.8 Å². The first kappa shape index (κ1) is 22.3. The van der Waals surface area contributed by atoms with Crippen molar-refractivity contribution in [2.24, 2.45) is 0 Å². The summed E-state index contributed by atoms with van der Waals surface area (Å²) in [4.78, 5) is 12.9. The van der Waals surface area contributed by atoms with Gasteiger partial charge in [0.1, 0.15) is 17.3 Å². The van der Waals surface area contributed by atoms with E-state index in [-0.39, 0.29) is 18.0 Å². The highest BCUT2D eigenvalue weighted by Gasteiger charge is 2.19. The number of nitrogens with zero attached hydrogens (tertiary/aromatic N) is 1. The Morgan fingerprint density at radius 3 is 2.32 bits per heavy atom. The normalized spacial score (nSPS) is 10.8. The third-order valence-corrected chi connectivity index (χ3v) is 5.23. The molecule has 7 heteroatoms. The lowest BCUT2D eigenvalue weighted by atomic mass is 10.1. The molecule has 0 bridgehead atoms. The molecule has 0 saturated carbocycles. The minimum absolute atomic E-state index is 0.0589. The highest BCUT2D eigenvalue weighted by atomic mass is 19.1. The molecule has 0 aliphatic rings. The molecule has 1 aromatic heterocycles. The standard InChI is InChI=1S/C24H26F2N2O3/c1-15-12-16(2)28(14-18-19(25)6-5-7-20(18)26)23(15)24(29)27-11-10-17-8-9-21(30-3)22(13-17)31-4/h5-9,12-13H,10-11,14H2,1-4H3,(H,27,29). The number of aryl methyl sites for hydroxylation is 2. The van der Waals surface area contributed by atoms with Crippen molar-refractivity contribution in [1.29, 1.82) is 0 Å². The molecule has 0 radical (unpaired) electrons. The summed E-state index contributed by atoms with van der Waals surface area (Å²) in [5, 5.41) is 2.90. The SMILES string of the molecule is COc1ccc(CCNC(=O)c2c(C)cc(C)n2Cc2c(F)cccc2F)cc1OC. The van der Waals surface area contributed by atoms with Gasteiger partial charge in [0, 0.05) is 17.8 Å². The van der Waals surface area contributed by atoms with Gasteiger partial charge in [-0.2, -0.15) is 0 Å². The number of nitrogens with one attached hydrogen (secondary N) is 1. The molecule has 3 rings (SSSR count). The summed E-state index contributed by atoms with van der Waals surface area (Å²) in [5.74, 6) is -0.294. The van der Waals surface area contributed by atoms with Crippen LogP contribution in [0.5, 0.6) is 11.5 Å². The van der Waals surface area contributed by atoms with Gasteiger partial charge in [-0.25, -0.2) is 8.78 Å². The lowest BCUT2D eigenvalue weighted by molar-refractivity contribution is 0.0944. The second-order valence-corrected chi connectivity index (χ2v) is 7.30. The summed E-state index contributed by atoms with van der Waals surface area (Å²) < 4.78 is 40.5. The Bertz CT molecular complexity index is 1070. The van der Waals surface area contributed by atoms with E-state index in [1.807, 2.05) is 38.1 Å². The van der Waals surface area contributed by atoms with Gasteiger partial charge in [0.2, 0.25) is 0 Å². The number of halogens is 2. The van der Waals surface area contributed by atoms with E-state index < -0.39 is 11.6 Å². The topological polar surface area (TPSA) is 52.5 Å². The Hall–Kier alpha value is -3.35. The van der Waals surface area contributed by atoms with Crippen LogP contribution in [0.3, 0.4) is 0 Å². The smallest absolute Gasteiger partial charge is 0.268 e. The molecule has 0 spiro atoms. The molecule has 164 valence electrons. The molecule has 1 amide bonds. The van der Waals surface area contributed by atoms with Gasteiger partial charge in [0.05, 0.1) is 20.8 Å². The van der Waals surface area contributed by atoms with Crippen LogP contribution in [0.2, 0.25) is 0 Å². The Labute approximate surface area is 180 Å². The summed E-state index contributed by atoms with van der Waals surface area (Å²) in [7, 11) is 3.14. The molecule has 31 heavy (non-hydrogen) atoms. The van der Waals surface area contributed by atoms with E-state index in [1.54, 1.807) is 18.8 Å². The number of ether oxygens (including phenoxy) is 2. The Kier molecular flexibility index (Phi) is 6.95. The van der Waals surface area contributed by atoms with Gasteiger partial charge in [-0.3, -0.25) is 4.79 Å². The molecule has 1 heterocycles. The number of benzene rings is 2. The Balaban J connectivity index is 1.74. The van der Waals surface area contributed by atoms with E-state index in [1.165, 1.54) is 18.2 Å². The molecule has 5 nitrogen and oxygen atoms in total. The van der Waals surface area contributed by atoms with Gasteiger partial charge in [-0.15, -0.1) is 0 Å². The van der Waals surface area contributed by atoms with Crippen LogP contribution in [0.1, 0.15) is 32.9 Å². The average Bonchev–Trinajstić information content (AvgIpc) is 3.03. The number of rotatable bonds is 8. The van der Waals surface area contributed by atoms with E-state index in [2.05, 4.69) is 5.32 Å². The predicted molar refractivity (Wildman–Crippen MR) is 115 cm³/mol. The highest BCUT2D eigenvalue weighted by molar-refractivity contribution is 5.94. The lowest BCUT2D eigenvalue weighted by Crippen LogP contribution is -2.29. The van der Waals surface area contributed by atoms with Crippen molar-refractivity contribution in [3.8, 4) is 11.5 Å². The summed E-state index contributed by atoms with van der Waals surface area (Å²) in [6.45, 7) is 3.96. The zero-order valence-corrected chi connectivity index (χ0v) is 18.1. The second kappa shape index (κ2) is 9.64. The summed E-state index contributed by atoms with van der Waals surface area (Å²) in [6, 6.07) is 11.2. The van der Waals surface area contributed by atoms with Crippen LogP contribution in [-0.2, 0) is 13.0 Å². The molecule has 0 fully saturated rings. The van der Waals surface area contributed by atoms with Crippen molar-refractivity contribution in [2.75, 3.05) is 20.8 Å². The summed E-state index contributed by atoms with van der Waals surface area (Å²) in [5.41, 5.74) is 2.81. The van der Waals surface area contributed by atoms with Crippen LogP contribution in [0.4, 0.5) is 8.78 Å². The van der Waals surface area contributed by atoms with Crippen LogP contribution in [-0.4, -0.2) is 31.2 Å². The maximum absolute atomic E-state index is 14.1. The van der Waals surface area contributed by atoms with Crippen molar-refractivity contribution >= 4 is 5.91 Å². The second-order valence-electron chi connectivity index (χ2n) is 7.30. The fourth-order valence-corrected chi connectivity index (χ4v) is 3.64. The van der Waals surface area contributed by atoms with E-state index in [0.717, 1.165) is 16.8 Å². The van der Waals surface area contributed by atoms with E-state index in [4.69, 9.17) is 9.47 Å². The molecule has 0 atom stereocenters. The van der Waals surface area contributed by atoms with E-state index in [9.17, 15) is 13.6 Å². The predicted octanol–water partition coefficient (Wildman–Crippen LogP) is 4.42. The molecule has 0 aliphatic carbocycles. The van der Waals surface area contributed by atoms with E-state index >= 15 is 0 Å². The van der Waals surface area contributed by atoms with E-state index in [0.29, 0.717) is 30.2 Å². The monoisotopic (exact) mass is 428 g/mol. The van der Waals surface area contributed by atoms with Crippen molar-refractivity contribution in [3.05, 3.63) is 82.2 Å². The van der Waals surface area contributed by atoms with Gasteiger partial charge in [-0.1, -0.05) is 12.1 Å². The largest absolute Gasteiger partial charge is 0.493 e. The minimum atomic E-state index is -0.634. The molecule has 1 N–H and O–H groups in total. The Morgan fingerprint density at radius 2 is 1.68 bits per heavy atom. The number of hydrogen-bond donors (Lipinski definition) is 1. The molecule has 2 aromatic carbocycles. The van der Waals surface area contributed by atoms with Gasteiger partial charge in [0.15, 0.2) is 11.5 Å². The molecular formula is C24H26F2N2O3. The third kappa shape index (κ3) is 4.87. The van der Waals surface area contributed by atoms with Crippen LogP contribution in [0.25, 0.3) is 0 Å². The van der Waals surface area contributed by atoms with Crippen LogP contribution in [0.15, 0.2) is 42.5 Å². The average molecular weight is 428 g/mol. The van der Waals surface area contributed by atoms with Gasteiger partial charge in [0.25, 0.3) is 5.91 Å². The molecule has 0 aliphatic heterocycles. The maximum atomic E-state index is 14.1. The number of carbonyl (C=O) groups is 1. The van der Waals surface area contributed by atoms with Gasteiger partial charge < -0.3 is 19.4 Å². The van der Waals surface area contributed by atoms with Crippen molar-refractivity contribution in [3.63, 3.8) is 0 Å². The quantitative estimate of drug-likeness (QED) is 0.578. The van der Waals surface area contributed by atoms with Crippen molar-refractivity contribution < 1.29 is 23.0 Å². The number of hydrogen-bond acceptors (Lipinski definition) is 3. The number of carbonyl (C=O) groups excluding carboxylic acids is 1. The molecule has 0 saturated heterocycles. The number of methoxy groups -OCH3 is 2. The lowest BCUT2D eigenvalue weighted by Gasteiger charge is -2.14. The maximum Gasteiger partial charge on any atom is 0.268 e. The number of aromatic nitrogens is 1. The molecular weight excluding hydrogens is 402 g/mol. The summed E-state index contributed by atoms with van der Waals surface area (Å²) in [6.07, 6.45) is 0.590. The van der Waals surface area contributed by atoms with Crippen LogP contribution in [0, 0.1) is 25.5 Å².